The van der Waals surface area contributed by atoms with E-state index in [0.717, 1.165) is 49.2 Å². The van der Waals surface area contributed by atoms with Gasteiger partial charge in [-0.2, -0.15) is 0 Å². The van der Waals surface area contributed by atoms with Crippen LogP contribution >= 0.6 is 0 Å². The number of ether oxygens (including phenoxy) is 2. The zero-order valence-corrected chi connectivity index (χ0v) is 19.2. The molecule has 1 aliphatic carbocycles. The van der Waals surface area contributed by atoms with E-state index in [4.69, 9.17) is 9.47 Å². The fourth-order valence-corrected chi connectivity index (χ4v) is 5.33. The summed E-state index contributed by atoms with van der Waals surface area (Å²) in [5.74, 6) is 1.95. The second-order valence-electron chi connectivity index (χ2n) is 9.64. The van der Waals surface area contributed by atoms with Crippen molar-refractivity contribution >= 4 is 11.8 Å². The van der Waals surface area contributed by atoms with Gasteiger partial charge in [0, 0.05) is 49.9 Å². The van der Waals surface area contributed by atoms with Crippen LogP contribution in [0, 0.1) is 0 Å². The smallest absolute Gasteiger partial charge is 0.253 e. The van der Waals surface area contributed by atoms with Crippen LogP contribution in [0.4, 0.5) is 0 Å². The van der Waals surface area contributed by atoms with Crippen molar-refractivity contribution in [2.45, 2.75) is 62.5 Å². The first-order valence-electron chi connectivity index (χ1n) is 12.1. The van der Waals surface area contributed by atoms with E-state index in [9.17, 15) is 9.59 Å². The monoisotopic (exact) mass is 448 g/mol. The predicted octanol–water partition coefficient (Wildman–Crippen LogP) is 4.30. The first kappa shape index (κ1) is 21.8. The Labute approximate surface area is 195 Å². The summed E-state index contributed by atoms with van der Waals surface area (Å²) in [7, 11) is 1.62. The molecule has 1 N–H and O–H groups in total. The summed E-state index contributed by atoms with van der Waals surface area (Å²) in [5, 5.41) is 3.19. The SMILES string of the molecule is COc1ccc(C(=O)N2CCC3(CC2)C[C@@H](CC(=O)NC2CCC2)c2ccccc2O3)cc1. The minimum Gasteiger partial charge on any atom is -0.497 e. The van der Waals surface area contributed by atoms with Crippen molar-refractivity contribution in [3.05, 3.63) is 59.7 Å². The number of fused-ring (bicyclic) bond motifs is 1. The highest BCUT2D eigenvalue weighted by molar-refractivity contribution is 5.94. The number of carbonyl (C=O) groups is 2. The molecule has 1 spiro atoms. The number of nitrogens with one attached hydrogen (secondary N) is 1. The molecule has 33 heavy (non-hydrogen) atoms. The minimum atomic E-state index is -0.327. The van der Waals surface area contributed by atoms with Crippen LogP contribution in [0.1, 0.15) is 66.8 Å². The zero-order chi connectivity index (χ0) is 22.8. The largest absolute Gasteiger partial charge is 0.497 e. The summed E-state index contributed by atoms with van der Waals surface area (Å²) < 4.78 is 11.8. The number of rotatable bonds is 5. The van der Waals surface area contributed by atoms with Crippen molar-refractivity contribution in [3.63, 3.8) is 0 Å². The van der Waals surface area contributed by atoms with Gasteiger partial charge < -0.3 is 19.7 Å². The maximum Gasteiger partial charge on any atom is 0.253 e. The Bertz CT molecular complexity index is 1010. The van der Waals surface area contributed by atoms with Crippen LogP contribution in [0.15, 0.2) is 48.5 Å². The van der Waals surface area contributed by atoms with Gasteiger partial charge in [-0.25, -0.2) is 0 Å². The lowest BCUT2D eigenvalue weighted by Crippen LogP contribution is -2.52. The van der Waals surface area contributed by atoms with E-state index in [2.05, 4.69) is 11.4 Å². The topological polar surface area (TPSA) is 67.9 Å². The van der Waals surface area contributed by atoms with E-state index in [0.29, 0.717) is 31.1 Å². The Morgan fingerprint density at radius 3 is 2.48 bits per heavy atom. The quantitative estimate of drug-likeness (QED) is 0.741. The second kappa shape index (κ2) is 9.08. The van der Waals surface area contributed by atoms with E-state index in [1.165, 1.54) is 6.42 Å². The summed E-state index contributed by atoms with van der Waals surface area (Å²) in [6.45, 7) is 1.29. The van der Waals surface area contributed by atoms with Gasteiger partial charge in [-0.05, 0) is 61.6 Å². The number of para-hydroxylation sites is 1. The lowest BCUT2D eigenvalue weighted by atomic mass is 9.76. The lowest BCUT2D eigenvalue weighted by Gasteiger charge is -2.47. The summed E-state index contributed by atoms with van der Waals surface area (Å²) >= 11 is 0. The third kappa shape index (κ3) is 4.56. The van der Waals surface area contributed by atoms with Crippen LogP contribution in [-0.2, 0) is 4.79 Å². The number of piperidine rings is 1. The van der Waals surface area contributed by atoms with Crippen molar-refractivity contribution in [2.75, 3.05) is 20.2 Å². The number of methoxy groups -OCH3 is 1. The average Bonchev–Trinajstić information content (AvgIpc) is 2.81. The summed E-state index contributed by atoms with van der Waals surface area (Å²) in [6, 6.07) is 15.7. The summed E-state index contributed by atoms with van der Waals surface area (Å²) in [4.78, 5) is 27.6. The molecule has 2 fully saturated rings. The van der Waals surface area contributed by atoms with Gasteiger partial charge in [-0.1, -0.05) is 18.2 Å². The molecule has 1 saturated heterocycles. The highest BCUT2D eigenvalue weighted by atomic mass is 16.5. The Hall–Kier alpha value is -3.02. The van der Waals surface area contributed by atoms with Gasteiger partial charge in [0.1, 0.15) is 17.1 Å². The van der Waals surface area contributed by atoms with Crippen LogP contribution in [0.25, 0.3) is 0 Å². The van der Waals surface area contributed by atoms with Gasteiger partial charge in [-0.15, -0.1) is 0 Å². The average molecular weight is 449 g/mol. The Kier molecular flexibility index (Phi) is 6.00. The molecule has 2 heterocycles. The molecule has 5 rings (SSSR count). The number of hydrogen-bond acceptors (Lipinski definition) is 4. The number of hydrogen-bond donors (Lipinski definition) is 1. The maximum atomic E-state index is 13.0. The molecular formula is C27H32N2O4. The third-order valence-corrected chi connectivity index (χ3v) is 7.50. The van der Waals surface area contributed by atoms with Crippen LogP contribution < -0.4 is 14.8 Å². The van der Waals surface area contributed by atoms with Crippen molar-refractivity contribution in [2.24, 2.45) is 0 Å². The fraction of sp³-hybridized carbons (Fsp3) is 0.481. The van der Waals surface area contributed by atoms with E-state index >= 15 is 0 Å². The van der Waals surface area contributed by atoms with E-state index < -0.39 is 0 Å². The van der Waals surface area contributed by atoms with Crippen LogP contribution in [0.3, 0.4) is 0 Å². The highest BCUT2D eigenvalue weighted by Gasteiger charge is 2.44. The van der Waals surface area contributed by atoms with E-state index in [1.54, 1.807) is 7.11 Å². The van der Waals surface area contributed by atoms with Gasteiger partial charge in [0.25, 0.3) is 5.91 Å². The van der Waals surface area contributed by atoms with Crippen LogP contribution in [0.2, 0.25) is 0 Å². The van der Waals surface area contributed by atoms with Gasteiger partial charge in [0.05, 0.1) is 7.11 Å². The number of amides is 2. The number of likely N-dealkylation sites (tertiary alicyclic amines) is 1. The summed E-state index contributed by atoms with van der Waals surface area (Å²) in [6.07, 6.45) is 6.24. The molecular weight excluding hydrogens is 416 g/mol. The van der Waals surface area contributed by atoms with E-state index in [-0.39, 0.29) is 23.3 Å². The number of benzene rings is 2. The van der Waals surface area contributed by atoms with Crippen molar-refractivity contribution < 1.29 is 19.1 Å². The molecule has 2 aromatic rings. The molecule has 1 atom stereocenters. The molecule has 174 valence electrons. The number of nitrogens with zero attached hydrogens (tertiary/aromatic N) is 1. The van der Waals surface area contributed by atoms with Crippen molar-refractivity contribution in [1.82, 2.24) is 10.2 Å². The molecule has 2 amide bonds. The molecule has 6 heteroatoms. The molecule has 0 radical (unpaired) electrons. The molecule has 2 aliphatic heterocycles. The van der Waals surface area contributed by atoms with E-state index in [1.807, 2.05) is 47.4 Å². The first-order valence-corrected chi connectivity index (χ1v) is 12.1. The molecule has 2 aromatic carbocycles. The molecule has 6 nitrogen and oxygen atoms in total. The van der Waals surface area contributed by atoms with Gasteiger partial charge in [0.2, 0.25) is 5.91 Å². The van der Waals surface area contributed by atoms with Gasteiger partial charge >= 0.3 is 0 Å². The normalized spacial score (nSPS) is 21.5. The highest BCUT2D eigenvalue weighted by Crippen LogP contribution is 2.46. The second-order valence-corrected chi connectivity index (χ2v) is 9.64. The standard InChI is InChI=1S/C27H32N2O4/c1-32-22-11-9-19(10-12-22)26(31)29-15-13-27(14-16-29)18-20(17-25(30)28-21-5-4-6-21)23-7-2-3-8-24(23)33-27/h2-3,7-12,20-21H,4-6,13-18H2,1H3,(H,28,30)/t20-/m1/s1. The molecule has 0 aromatic heterocycles. The zero-order valence-electron chi connectivity index (χ0n) is 19.2. The fourth-order valence-electron chi connectivity index (χ4n) is 5.33. The van der Waals surface area contributed by atoms with Crippen molar-refractivity contribution in [1.29, 1.82) is 0 Å². The molecule has 1 saturated carbocycles. The van der Waals surface area contributed by atoms with Crippen LogP contribution in [0.5, 0.6) is 11.5 Å². The first-order chi connectivity index (χ1) is 16.0. The molecule has 0 unspecified atom stereocenters. The maximum absolute atomic E-state index is 13.0. The van der Waals surface area contributed by atoms with Crippen molar-refractivity contribution in [3.8, 4) is 11.5 Å². The third-order valence-electron chi connectivity index (χ3n) is 7.50. The van der Waals surface area contributed by atoms with Gasteiger partial charge in [-0.3, -0.25) is 9.59 Å². The predicted molar refractivity (Wildman–Crippen MR) is 126 cm³/mol. The molecule has 0 bridgehead atoms. The number of carbonyl (C=O) groups excluding carboxylic acids is 2. The Morgan fingerprint density at radius 1 is 1.09 bits per heavy atom. The Morgan fingerprint density at radius 2 is 1.82 bits per heavy atom. The van der Waals surface area contributed by atoms with Gasteiger partial charge in [0.15, 0.2) is 0 Å². The Balaban J connectivity index is 1.26. The minimum absolute atomic E-state index is 0.0418. The lowest BCUT2D eigenvalue weighted by molar-refractivity contribution is -0.123. The molecule has 3 aliphatic rings. The summed E-state index contributed by atoms with van der Waals surface area (Å²) in [5.41, 5.74) is 1.47. The van der Waals surface area contributed by atoms with Crippen LogP contribution in [-0.4, -0.2) is 48.6 Å².